The van der Waals surface area contributed by atoms with Crippen molar-refractivity contribution in [2.45, 2.75) is 12.3 Å². The average molecular weight is 225 g/mol. The third kappa shape index (κ3) is 1.94. The van der Waals surface area contributed by atoms with Crippen LogP contribution in [0, 0.1) is 6.92 Å². The van der Waals surface area contributed by atoms with Gasteiger partial charge in [0.25, 0.3) is 0 Å². The maximum Gasteiger partial charge on any atom is 0.139 e. The Kier molecular flexibility index (Phi) is 2.79. The van der Waals surface area contributed by atoms with Gasteiger partial charge in [0.1, 0.15) is 15.4 Å². The van der Waals surface area contributed by atoms with Gasteiger partial charge in [-0.05, 0) is 12.5 Å². The monoisotopic (exact) mass is 224 g/mol. The minimum absolute atomic E-state index is 0.178. The van der Waals surface area contributed by atoms with Crippen LogP contribution in [0.2, 0.25) is 0 Å². The highest BCUT2D eigenvalue weighted by Gasteiger charge is 2.14. The van der Waals surface area contributed by atoms with E-state index in [1.165, 1.54) is 11.3 Å². The molecule has 0 aliphatic rings. The maximum absolute atomic E-state index is 6.25. The third-order valence-corrected chi connectivity index (χ3v) is 3.34. The molecule has 2 nitrogen and oxygen atoms in total. The number of alkyl halides is 1. The number of rotatable bonds is 2. The molecule has 0 bridgehead atoms. The summed E-state index contributed by atoms with van der Waals surface area (Å²) in [5.41, 5.74) is 1.06. The normalized spacial score (nSPS) is 12.7. The van der Waals surface area contributed by atoms with Crippen LogP contribution < -0.4 is 0 Å². The molecule has 2 rings (SSSR count). The second-order valence-electron chi connectivity index (χ2n) is 2.93. The Morgan fingerprint density at radius 1 is 1.21 bits per heavy atom. The van der Waals surface area contributed by atoms with Gasteiger partial charge in [-0.3, -0.25) is 0 Å². The van der Waals surface area contributed by atoms with Gasteiger partial charge in [-0.2, -0.15) is 0 Å². The van der Waals surface area contributed by atoms with Crippen molar-refractivity contribution in [3.8, 4) is 0 Å². The van der Waals surface area contributed by atoms with Crippen LogP contribution in [-0.4, -0.2) is 10.2 Å². The highest BCUT2D eigenvalue weighted by molar-refractivity contribution is 7.11. The van der Waals surface area contributed by atoms with Gasteiger partial charge in [-0.15, -0.1) is 21.8 Å². The van der Waals surface area contributed by atoms with Gasteiger partial charge < -0.3 is 0 Å². The third-order valence-electron chi connectivity index (χ3n) is 1.85. The van der Waals surface area contributed by atoms with Gasteiger partial charge in [0, 0.05) is 0 Å². The van der Waals surface area contributed by atoms with E-state index in [2.05, 4.69) is 10.2 Å². The molecule has 1 unspecified atom stereocenters. The van der Waals surface area contributed by atoms with E-state index in [0.29, 0.717) is 0 Å². The molecule has 14 heavy (non-hydrogen) atoms. The Hall–Kier alpha value is -0.930. The van der Waals surface area contributed by atoms with Crippen molar-refractivity contribution in [3.63, 3.8) is 0 Å². The molecule has 0 saturated carbocycles. The summed E-state index contributed by atoms with van der Waals surface area (Å²) in [7, 11) is 0. The van der Waals surface area contributed by atoms with Gasteiger partial charge in [0.2, 0.25) is 0 Å². The zero-order valence-corrected chi connectivity index (χ0v) is 9.22. The van der Waals surface area contributed by atoms with Crippen molar-refractivity contribution in [1.82, 2.24) is 10.2 Å². The Labute approximate surface area is 91.6 Å². The van der Waals surface area contributed by atoms with Crippen molar-refractivity contribution in [2.24, 2.45) is 0 Å². The molecule has 0 aliphatic carbocycles. The Bertz CT molecular complexity index is 413. The zero-order valence-electron chi connectivity index (χ0n) is 7.64. The van der Waals surface area contributed by atoms with Crippen LogP contribution in [0.5, 0.6) is 0 Å². The molecule has 1 atom stereocenters. The van der Waals surface area contributed by atoms with Crippen LogP contribution in [0.25, 0.3) is 0 Å². The molecule has 1 aromatic heterocycles. The summed E-state index contributed by atoms with van der Waals surface area (Å²) in [6.07, 6.45) is 0. The first-order valence-electron chi connectivity index (χ1n) is 4.26. The number of aromatic nitrogens is 2. The topological polar surface area (TPSA) is 25.8 Å². The van der Waals surface area contributed by atoms with E-state index in [0.717, 1.165) is 15.6 Å². The van der Waals surface area contributed by atoms with Crippen molar-refractivity contribution < 1.29 is 0 Å². The van der Waals surface area contributed by atoms with Gasteiger partial charge >= 0.3 is 0 Å². The van der Waals surface area contributed by atoms with E-state index in [1.807, 2.05) is 37.3 Å². The number of benzene rings is 1. The molecule has 0 aliphatic heterocycles. The van der Waals surface area contributed by atoms with E-state index in [1.54, 1.807) is 0 Å². The summed E-state index contributed by atoms with van der Waals surface area (Å²) < 4.78 is 0. The highest BCUT2D eigenvalue weighted by Crippen LogP contribution is 2.30. The summed E-state index contributed by atoms with van der Waals surface area (Å²) in [6.45, 7) is 1.93. The lowest BCUT2D eigenvalue weighted by molar-refractivity contribution is 0.967. The minimum atomic E-state index is -0.178. The molecule has 1 aromatic carbocycles. The van der Waals surface area contributed by atoms with Crippen LogP contribution in [0.15, 0.2) is 30.3 Å². The van der Waals surface area contributed by atoms with E-state index in [-0.39, 0.29) is 5.38 Å². The predicted molar refractivity (Wildman–Crippen MR) is 58.8 cm³/mol. The van der Waals surface area contributed by atoms with E-state index in [9.17, 15) is 0 Å². The second-order valence-corrected chi connectivity index (χ2v) is 4.58. The lowest BCUT2D eigenvalue weighted by Crippen LogP contribution is -1.91. The summed E-state index contributed by atoms with van der Waals surface area (Å²) in [6, 6.07) is 9.90. The fourth-order valence-corrected chi connectivity index (χ4v) is 2.21. The zero-order chi connectivity index (χ0) is 9.97. The van der Waals surface area contributed by atoms with Crippen LogP contribution in [0.1, 0.15) is 21.0 Å². The first-order valence-corrected chi connectivity index (χ1v) is 5.51. The molecule has 2 aromatic rings. The lowest BCUT2D eigenvalue weighted by Gasteiger charge is -2.04. The Balaban J connectivity index is 2.29. The molecule has 4 heteroatoms. The number of hydrogen-bond donors (Lipinski definition) is 0. The molecule has 1 heterocycles. The van der Waals surface area contributed by atoms with Gasteiger partial charge in [0.05, 0.1) is 0 Å². The van der Waals surface area contributed by atoms with Crippen molar-refractivity contribution >= 4 is 22.9 Å². The molecule has 0 fully saturated rings. The van der Waals surface area contributed by atoms with E-state index < -0.39 is 0 Å². The number of nitrogens with zero attached hydrogens (tertiary/aromatic N) is 2. The smallest absolute Gasteiger partial charge is 0.139 e. The first-order chi connectivity index (χ1) is 6.77. The van der Waals surface area contributed by atoms with Crippen LogP contribution in [-0.2, 0) is 0 Å². The van der Waals surface area contributed by atoms with E-state index in [4.69, 9.17) is 11.6 Å². The quantitative estimate of drug-likeness (QED) is 0.733. The Morgan fingerprint density at radius 3 is 2.50 bits per heavy atom. The maximum atomic E-state index is 6.25. The van der Waals surface area contributed by atoms with Crippen LogP contribution in [0.3, 0.4) is 0 Å². The molecule has 0 spiro atoms. The van der Waals surface area contributed by atoms with Crippen molar-refractivity contribution in [2.75, 3.05) is 0 Å². The number of aryl methyl sites for hydroxylation is 1. The lowest BCUT2D eigenvalue weighted by atomic mass is 10.1. The summed E-state index contributed by atoms with van der Waals surface area (Å²) in [4.78, 5) is 0. The van der Waals surface area contributed by atoms with Crippen molar-refractivity contribution in [3.05, 3.63) is 45.9 Å². The van der Waals surface area contributed by atoms with Crippen LogP contribution in [0.4, 0.5) is 0 Å². The number of halogens is 1. The largest absolute Gasteiger partial charge is 0.144 e. The highest BCUT2D eigenvalue weighted by atomic mass is 35.5. The fraction of sp³-hybridized carbons (Fsp3) is 0.200. The minimum Gasteiger partial charge on any atom is -0.144 e. The molecule has 72 valence electrons. The van der Waals surface area contributed by atoms with E-state index >= 15 is 0 Å². The van der Waals surface area contributed by atoms with Gasteiger partial charge in [-0.1, -0.05) is 41.7 Å². The van der Waals surface area contributed by atoms with Gasteiger partial charge in [-0.25, -0.2) is 0 Å². The average Bonchev–Trinajstić information content (AvgIpc) is 2.65. The van der Waals surface area contributed by atoms with Crippen molar-refractivity contribution in [1.29, 1.82) is 0 Å². The summed E-state index contributed by atoms with van der Waals surface area (Å²) in [5.74, 6) is 0. The molecule has 0 radical (unpaired) electrons. The molecule has 0 amide bonds. The molecular weight excluding hydrogens is 216 g/mol. The SMILES string of the molecule is Cc1nnc(C(Cl)c2ccccc2)s1. The molecular formula is C10H9ClN2S. The molecule has 0 N–H and O–H groups in total. The van der Waals surface area contributed by atoms with Gasteiger partial charge in [0.15, 0.2) is 0 Å². The standard InChI is InChI=1S/C10H9ClN2S/c1-7-12-13-10(14-7)9(11)8-5-3-2-4-6-8/h2-6,9H,1H3. The fourth-order valence-electron chi connectivity index (χ4n) is 1.18. The summed E-state index contributed by atoms with van der Waals surface area (Å²) in [5, 5.41) is 9.60. The van der Waals surface area contributed by atoms with Crippen LogP contribution >= 0.6 is 22.9 Å². The Morgan fingerprint density at radius 2 is 1.93 bits per heavy atom. The first kappa shape index (κ1) is 9.62. The number of hydrogen-bond acceptors (Lipinski definition) is 3. The summed E-state index contributed by atoms with van der Waals surface area (Å²) >= 11 is 7.79. The molecule has 0 saturated heterocycles. The second kappa shape index (κ2) is 4.07. The predicted octanol–water partition coefficient (Wildman–Crippen LogP) is 3.17.